The van der Waals surface area contributed by atoms with E-state index in [1.54, 1.807) is 12.4 Å². The molecule has 0 amide bonds. The normalized spacial score (nSPS) is 10.8. The molecule has 0 saturated heterocycles. The summed E-state index contributed by atoms with van der Waals surface area (Å²) in [5.41, 5.74) is 1.38. The van der Waals surface area contributed by atoms with Crippen LogP contribution in [0.25, 0.3) is 10.9 Å². The minimum Gasteiger partial charge on any atom is -0.298 e. The molecule has 1 aromatic carbocycles. The van der Waals surface area contributed by atoms with Gasteiger partial charge in [0.2, 0.25) is 0 Å². The minimum atomic E-state index is -0.428. The van der Waals surface area contributed by atoms with Gasteiger partial charge >= 0.3 is 0 Å². The lowest BCUT2D eigenvalue weighted by Gasteiger charge is -2.06. The molecule has 0 unspecified atom stereocenters. The van der Waals surface area contributed by atoms with E-state index in [0.717, 1.165) is 5.56 Å². The molecule has 0 aliphatic carbocycles. The lowest BCUT2D eigenvalue weighted by atomic mass is 10.2. The van der Waals surface area contributed by atoms with E-state index in [1.165, 1.54) is 29.1 Å². The summed E-state index contributed by atoms with van der Waals surface area (Å²) in [6.07, 6.45) is 5.63. The molecule has 0 bridgehead atoms. The summed E-state index contributed by atoms with van der Waals surface area (Å²) in [4.78, 5) is 20.4. The van der Waals surface area contributed by atoms with Gasteiger partial charge in [0.1, 0.15) is 5.82 Å². The first-order valence-corrected chi connectivity index (χ1v) is 6.27. The summed E-state index contributed by atoms with van der Waals surface area (Å²) in [6, 6.07) is 7.85. The average Bonchev–Trinajstić information content (AvgIpc) is 2.48. The molecule has 0 fully saturated rings. The fourth-order valence-electron chi connectivity index (χ4n) is 2.09. The summed E-state index contributed by atoms with van der Waals surface area (Å²) in [5, 5.41) is 0.308. The number of rotatable bonds is 3. The highest BCUT2D eigenvalue weighted by atomic mass is 19.1. The van der Waals surface area contributed by atoms with Crippen LogP contribution < -0.4 is 5.56 Å². The van der Waals surface area contributed by atoms with Crippen LogP contribution in [-0.4, -0.2) is 14.5 Å². The van der Waals surface area contributed by atoms with Crippen molar-refractivity contribution in [2.24, 2.45) is 0 Å². The molecule has 0 spiro atoms. The molecule has 4 nitrogen and oxygen atoms in total. The fraction of sp³-hybridized carbons (Fsp3) is 0.133. The zero-order valence-electron chi connectivity index (χ0n) is 10.7. The van der Waals surface area contributed by atoms with Gasteiger partial charge in [0.15, 0.2) is 0 Å². The van der Waals surface area contributed by atoms with Crippen molar-refractivity contribution in [3.8, 4) is 0 Å². The molecule has 3 rings (SSSR count). The smallest absolute Gasteiger partial charge is 0.261 e. The van der Waals surface area contributed by atoms with Gasteiger partial charge in [-0.3, -0.25) is 14.3 Å². The molecule has 20 heavy (non-hydrogen) atoms. The second-order valence-electron chi connectivity index (χ2n) is 4.51. The molecule has 0 aliphatic heterocycles. The van der Waals surface area contributed by atoms with Crippen LogP contribution in [0.5, 0.6) is 0 Å². The maximum Gasteiger partial charge on any atom is 0.261 e. The number of fused-ring (bicyclic) bond motifs is 1. The Morgan fingerprint density at radius 1 is 1.15 bits per heavy atom. The van der Waals surface area contributed by atoms with E-state index in [4.69, 9.17) is 0 Å². The molecule has 0 aliphatic rings. The summed E-state index contributed by atoms with van der Waals surface area (Å²) >= 11 is 0. The Morgan fingerprint density at radius 2 is 1.95 bits per heavy atom. The van der Waals surface area contributed by atoms with Gasteiger partial charge in [-0.25, -0.2) is 9.37 Å². The first-order valence-electron chi connectivity index (χ1n) is 6.27. The lowest BCUT2D eigenvalue weighted by Crippen LogP contribution is -2.21. The van der Waals surface area contributed by atoms with Crippen molar-refractivity contribution < 1.29 is 4.39 Å². The Bertz CT molecular complexity index is 799. The van der Waals surface area contributed by atoms with Crippen LogP contribution in [0.15, 0.2) is 53.8 Å². The third kappa shape index (κ3) is 2.42. The Morgan fingerprint density at radius 3 is 2.75 bits per heavy atom. The molecule has 5 heteroatoms. The molecule has 0 atom stereocenters. The molecule has 0 saturated carbocycles. The van der Waals surface area contributed by atoms with Crippen molar-refractivity contribution in [3.63, 3.8) is 0 Å². The van der Waals surface area contributed by atoms with Crippen LogP contribution in [0, 0.1) is 5.82 Å². The van der Waals surface area contributed by atoms with Crippen LogP contribution in [0.1, 0.15) is 5.56 Å². The molecular weight excluding hydrogens is 257 g/mol. The van der Waals surface area contributed by atoms with Crippen molar-refractivity contribution in [3.05, 3.63) is 70.8 Å². The second kappa shape index (κ2) is 5.21. The first-order chi connectivity index (χ1) is 9.74. The van der Waals surface area contributed by atoms with E-state index >= 15 is 0 Å². The van der Waals surface area contributed by atoms with E-state index in [1.807, 2.05) is 12.1 Å². The molecule has 2 heterocycles. The van der Waals surface area contributed by atoms with Crippen LogP contribution in [0.4, 0.5) is 4.39 Å². The number of aromatic nitrogens is 3. The number of nitrogens with zero attached hydrogens (tertiary/aromatic N) is 3. The summed E-state index contributed by atoms with van der Waals surface area (Å²) in [7, 11) is 0. The zero-order chi connectivity index (χ0) is 13.9. The summed E-state index contributed by atoms with van der Waals surface area (Å²) in [5.74, 6) is -0.428. The molecule has 2 aromatic heterocycles. The molecule has 3 aromatic rings. The Labute approximate surface area is 114 Å². The highest BCUT2D eigenvalue weighted by Crippen LogP contribution is 2.08. The Balaban J connectivity index is 1.92. The van der Waals surface area contributed by atoms with Crippen molar-refractivity contribution in [2.75, 3.05) is 0 Å². The zero-order valence-corrected chi connectivity index (χ0v) is 10.7. The third-order valence-electron chi connectivity index (χ3n) is 3.18. The van der Waals surface area contributed by atoms with Crippen molar-refractivity contribution in [1.82, 2.24) is 14.5 Å². The third-order valence-corrected chi connectivity index (χ3v) is 3.18. The molecule has 0 radical (unpaired) electrons. The number of halogens is 1. The van der Waals surface area contributed by atoms with Gasteiger partial charge in [-0.2, -0.15) is 0 Å². The predicted molar refractivity (Wildman–Crippen MR) is 73.9 cm³/mol. The van der Waals surface area contributed by atoms with Crippen LogP contribution >= 0.6 is 0 Å². The SMILES string of the molecule is O=c1c2cc(F)ccc2ncn1CCc1ccncc1. The largest absolute Gasteiger partial charge is 0.298 e. The van der Waals surface area contributed by atoms with Crippen molar-refractivity contribution in [2.45, 2.75) is 13.0 Å². The highest BCUT2D eigenvalue weighted by molar-refractivity contribution is 5.77. The Hall–Kier alpha value is -2.56. The second-order valence-corrected chi connectivity index (χ2v) is 4.51. The molecule has 0 N–H and O–H groups in total. The van der Waals surface area contributed by atoms with Gasteiger partial charge in [0.25, 0.3) is 5.56 Å². The van der Waals surface area contributed by atoms with E-state index in [0.29, 0.717) is 23.9 Å². The van der Waals surface area contributed by atoms with Crippen molar-refractivity contribution >= 4 is 10.9 Å². The average molecular weight is 269 g/mol. The molecular formula is C15H12FN3O. The van der Waals surface area contributed by atoms with Gasteiger partial charge in [0, 0.05) is 18.9 Å². The monoisotopic (exact) mass is 269 g/mol. The number of hydrogen-bond donors (Lipinski definition) is 0. The minimum absolute atomic E-state index is 0.219. The fourth-order valence-corrected chi connectivity index (χ4v) is 2.09. The highest BCUT2D eigenvalue weighted by Gasteiger charge is 2.05. The van der Waals surface area contributed by atoms with Crippen LogP contribution in [0.2, 0.25) is 0 Å². The van der Waals surface area contributed by atoms with Crippen LogP contribution in [-0.2, 0) is 13.0 Å². The van der Waals surface area contributed by atoms with E-state index in [9.17, 15) is 9.18 Å². The first kappa shape index (κ1) is 12.5. The number of benzene rings is 1. The van der Waals surface area contributed by atoms with Gasteiger partial charge in [0.05, 0.1) is 17.2 Å². The van der Waals surface area contributed by atoms with Gasteiger partial charge in [-0.15, -0.1) is 0 Å². The lowest BCUT2D eigenvalue weighted by molar-refractivity contribution is 0.627. The van der Waals surface area contributed by atoms with Gasteiger partial charge in [-0.05, 0) is 42.3 Å². The number of aryl methyl sites for hydroxylation is 2. The quantitative estimate of drug-likeness (QED) is 0.732. The van der Waals surface area contributed by atoms with E-state index in [2.05, 4.69) is 9.97 Å². The summed E-state index contributed by atoms with van der Waals surface area (Å²) in [6.45, 7) is 0.502. The number of hydrogen-bond acceptors (Lipinski definition) is 3. The Kier molecular flexibility index (Phi) is 3.25. The van der Waals surface area contributed by atoms with E-state index in [-0.39, 0.29) is 5.56 Å². The topological polar surface area (TPSA) is 47.8 Å². The predicted octanol–water partition coefficient (Wildman–Crippen LogP) is 2.17. The van der Waals surface area contributed by atoms with Gasteiger partial charge < -0.3 is 0 Å². The summed E-state index contributed by atoms with van der Waals surface area (Å²) < 4.78 is 14.7. The standard InChI is InChI=1S/C15H12FN3O/c16-12-1-2-14-13(9-12)15(20)19(10-18-14)8-5-11-3-6-17-7-4-11/h1-4,6-7,9-10H,5,8H2. The molecule has 100 valence electrons. The number of pyridine rings is 1. The maximum atomic E-state index is 13.2. The van der Waals surface area contributed by atoms with Crippen LogP contribution in [0.3, 0.4) is 0 Å². The maximum absolute atomic E-state index is 13.2. The van der Waals surface area contributed by atoms with Crippen molar-refractivity contribution in [1.29, 1.82) is 0 Å². The van der Waals surface area contributed by atoms with E-state index < -0.39 is 5.82 Å². The van der Waals surface area contributed by atoms with Gasteiger partial charge in [-0.1, -0.05) is 0 Å².